The molecule has 2 aromatic rings. The highest BCUT2D eigenvalue weighted by molar-refractivity contribution is 7.89. The molecular formula is C25H35N3O4S. The molecule has 0 radical (unpaired) electrons. The summed E-state index contributed by atoms with van der Waals surface area (Å²) in [5.74, 6) is -1.18. The van der Waals surface area contributed by atoms with Gasteiger partial charge in [0.25, 0.3) is 5.91 Å². The first-order valence-corrected chi connectivity index (χ1v) is 12.7. The predicted octanol–water partition coefficient (Wildman–Crippen LogP) is 2.97. The Kier molecular flexibility index (Phi) is 9.19. The van der Waals surface area contributed by atoms with Gasteiger partial charge in [0.15, 0.2) is 0 Å². The molecule has 0 aromatic heterocycles. The van der Waals surface area contributed by atoms with Crippen LogP contribution < -0.4 is 15.4 Å². The summed E-state index contributed by atoms with van der Waals surface area (Å²) in [5.41, 5.74) is 2.41. The monoisotopic (exact) mass is 473 g/mol. The first kappa shape index (κ1) is 26.5. The zero-order chi connectivity index (χ0) is 24.6. The Balaban J connectivity index is 1.89. The van der Waals surface area contributed by atoms with Crippen molar-refractivity contribution in [3.63, 3.8) is 0 Å². The predicted molar refractivity (Wildman–Crippen MR) is 131 cm³/mol. The Morgan fingerprint density at radius 2 is 1.55 bits per heavy atom. The van der Waals surface area contributed by atoms with E-state index in [2.05, 4.69) is 36.1 Å². The molecule has 0 spiro atoms. The van der Waals surface area contributed by atoms with Gasteiger partial charge in [-0.3, -0.25) is 9.59 Å². The summed E-state index contributed by atoms with van der Waals surface area (Å²) in [5, 5.41) is 5.40. The van der Waals surface area contributed by atoms with Gasteiger partial charge in [0.2, 0.25) is 15.9 Å². The molecule has 8 heteroatoms. The first-order valence-electron chi connectivity index (χ1n) is 11.1. The summed E-state index contributed by atoms with van der Waals surface area (Å²) in [7, 11) is -3.56. The molecule has 3 N–H and O–H groups in total. The van der Waals surface area contributed by atoms with Crippen molar-refractivity contribution in [3.05, 3.63) is 71.3 Å². The van der Waals surface area contributed by atoms with Crippen molar-refractivity contribution in [2.24, 2.45) is 5.92 Å². The molecule has 0 saturated carbocycles. The van der Waals surface area contributed by atoms with E-state index in [0.717, 1.165) is 11.1 Å². The van der Waals surface area contributed by atoms with Crippen molar-refractivity contribution in [2.45, 2.75) is 52.6 Å². The molecule has 0 heterocycles. The van der Waals surface area contributed by atoms with Crippen molar-refractivity contribution in [2.75, 3.05) is 12.3 Å². The molecule has 33 heavy (non-hydrogen) atoms. The molecule has 2 rings (SSSR count). The van der Waals surface area contributed by atoms with Gasteiger partial charge in [-0.1, -0.05) is 77.1 Å². The maximum atomic E-state index is 12.7. The maximum Gasteiger partial charge on any atom is 0.251 e. The third-order valence-corrected chi connectivity index (χ3v) is 6.58. The van der Waals surface area contributed by atoms with E-state index in [1.54, 1.807) is 12.1 Å². The summed E-state index contributed by atoms with van der Waals surface area (Å²) >= 11 is 0. The smallest absolute Gasteiger partial charge is 0.251 e. The summed E-state index contributed by atoms with van der Waals surface area (Å²) in [4.78, 5) is 25.3. The zero-order valence-corrected chi connectivity index (χ0v) is 20.8. The Hall–Kier alpha value is -2.71. The van der Waals surface area contributed by atoms with E-state index in [9.17, 15) is 18.0 Å². The Morgan fingerprint density at radius 3 is 2.09 bits per heavy atom. The number of carbonyl (C=O) groups is 2. The number of hydrogen-bond acceptors (Lipinski definition) is 4. The molecule has 2 aromatic carbocycles. The minimum Gasteiger partial charge on any atom is -0.353 e. The number of hydrogen-bond donors (Lipinski definition) is 3. The summed E-state index contributed by atoms with van der Waals surface area (Å²) < 4.78 is 27.0. The van der Waals surface area contributed by atoms with Crippen molar-refractivity contribution in [1.82, 2.24) is 15.4 Å². The van der Waals surface area contributed by atoms with Crippen LogP contribution in [0.5, 0.6) is 0 Å². The molecule has 1 atom stereocenters. The lowest BCUT2D eigenvalue weighted by Crippen LogP contribution is -2.50. The van der Waals surface area contributed by atoms with Crippen molar-refractivity contribution in [3.8, 4) is 0 Å². The second-order valence-electron chi connectivity index (χ2n) is 9.44. The van der Waals surface area contributed by atoms with Crippen molar-refractivity contribution < 1.29 is 18.0 Å². The quantitative estimate of drug-likeness (QED) is 0.493. The van der Waals surface area contributed by atoms with Gasteiger partial charge in [0.1, 0.15) is 6.04 Å². The van der Waals surface area contributed by atoms with E-state index in [1.807, 2.05) is 56.3 Å². The minimum absolute atomic E-state index is 0.0222. The number of amides is 2. The topological polar surface area (TPSA) is 104 Å². The fourth-order valence-electron chi connectivity index (χ4n) is 3.16. The SMILES string of the molecule is CC(C)C(NC(=O)c1ccc(C(C)(C)C)cc1)C(=O)NCCS(=O)(=O)NCc1ccccc1. The number of nitrogens with one attached hydrogen (secondary N) is 3. The molecule has 0 saturated heterocycles. The number of benzene rings is 2. The van der Waals surface area contributed by atoms with Crippen LogP contribution in [-0.4, -0.2) is 38.6 Å². The average molecular weight is 474 g/mol. The standard InChI is InChI=1S/C25H35N3O4S/c1-18(2)22(28-23(29)20-11-13-21(14-12-20)25(3,4)5)24(30)26-15-16-33(31,32)27-17-19-9-7-6-8-10-19/h6-14,18,22,27H,15-17H2,1-5H3,(H,26,30)(H,28,29). The second-order valence-corrected chi connectivity index (χ2v) is 11.4. The fourth-order valence-corrected chi connectivity index (χ4v) is 4.06. The van der Waals surface area contributed by atoms with Crippen molar-refractivity contribution >= 4 is 21.8 Å². The second kappa shape index (κ2) is 11.4. The van der Waals surface area contributed by atoms with E-state index in [1.165, 1.54) is 0 Å². The molecule has 0 aliphatic rings. The van der Waals surface area contributed by atoms with Crippen molar-refractivity contribution in [1.29, 1.82) is 0 Å². The molecule has 180 valence electrons. The highest BCUT2D eigenvalue weighted by Crippen LogP contribution is 2.22. The van der Waals surface area contributed by atoms with Gasteiger partial charge in [-0.2, -0.15) is 0 Å². The molecule has 1 unspecified atom stereocenters. The van der Waals surface area contributed by atoms with Crippen LogP contribution in [0.1, 0.15) is 56.1 Å². The van der Waals surface area contributed by atoms with Gasteiger partial charge in [-0.15, -0.1) is 0 Å². The van der Waals surface area contributed by atoms with Crippen LogP contribution in [0.25, 0.3) is 0 Å². The zero-order valence-electron chi connectivity index (χ0n) is 20.0. The molecule has 0 fully saturated rings. The van der Waals surface area contributed by atoms with Crippen LogP contribution in [0.15, 0.2) is 54.6 Å². The third-order valence-electron chi connectivity index (χ3n) is 5.26. The largest absolute Gasteiger partial charge is 0.353 e. The van der Waals surface area contributed by atoms with Crippen LogP contribution >= 0.6 is 0 Å². The van der Waals surface area contributed by atoms with E-state index >= 15 is 0 Å². The van der Waals surface area contributed by atoms with E-state index in [0.29, 0.717) is 5.56 Å². The van der Waals surface area contributed by atoms with Gasteiger partial charge in [-0.25, -0.2) is 13.1 Å². The van der Waals surface area contributed by atoms with Crippen LogP contribution in [-0.2, 0) is 26.8 Å². The summed E-state index contributed by atoms with van der Waals surface area (Å²) in [6, 6.07) is 15.7. The van der Waals surface area contributed by atoms with Crippen LogP contribution in [0.4, 0.5) is 0 Å². The molecule has 0 aliphatic carbocycles. The highest BCUT2D eigenvalue weighted by Gasteiger charge is 2.25. The Morgan fingerprint density at radius 1 is 0.939 bits per heavy atom. The van der Waals surface area contributed by atoms with Crippen LogP contribution in [0.3, 0.4) is 0 Å². The number of sulfonamides is 1. The normalized spacial score (nSPS) is 12.9. The lowest BCUT2D eigenvalue weighted by Gasteiger charge is -2.22. The Bertz CT molecular complexity index is 1030. The molecule has 2 amide bonds. The molecule has 0 aliphatic heterocycles. The van der Waals surface area contributed by atoms with Gasteiger partial charge < -0.3 is 10.6 Å². The number of rotatable bonds is 10. The first-order chi connectivity index (χ1) is 15.4. The minimum atomic E-state index is -3.56. The lowest BCUT2D eigenvalue weighted by molar-refractivity contribution is -0.123. The highest BCUT2D eigenvalue weighted by atomic mass is 32.2. The molecule has 0 bridgehead atoms. The summed E-state index contributed by atoms with van der Waals surface area (Å²) in [6.45, 7) is 10.1. The summed E-state index contributed by atoms with van der Waals surface area (Å²) in [6.07, 6.45) is 0. The maximum absolute atomic E-state index is 12.7. The van der Waals surface area contributed by atoms with Gasteiger partial charge >= 0.3 is 0 Å². The van der Waals surface area contributed by atoms with Gasteiger partial charge in [0.05, 0.1) is 5.75 Å². The molecule has 7 nitrogen and oxygen atoms in total. The van der Waals surface area contributed by atoms with E-state index < -0.39 is 22.0 Å². The lowest BCUT2D eigenvalue weighted by atomic mass is 9.86. The number of carbonyl (C=O) groups excluding carboxylic acids is 2. The van der Waals surface area contributed by atoms with Crippen LogP contribution in [0.2, 0.25) is 0 Å². The van der Waals surface area contributed by atoms with Crippen LogP contribution in [0, 0.1) is 5.92 Å². The fraction of sp³-hybridized carbons (Fsp3) is 0.440. The van der Waals surface area contributed by atoms with E-state index in [-0.39, 0.29) is 36.1 Å². The Labute approximate surface area is 197 Å². The van der Waals surface area contributed by atoms with E-state index in [4.69, 9.17) is 0 Å². The van der Waals surface area contributed by atoms with Gasteiger partial charge in [0, 0.05) is 18.7 Å². The third kappa shape index (κ3) is 8.63. The van der Waals surface area contributed by atoms with Gasteiger partial charge in [-0.05, 0) is 34.6 Å². The molecular weight excluding hydrogens is 438 g/mol. The average Bonchev–Trinajstić information content (AvgIpc) is 2.75.